The summed E-state index contributed by atoms with van der Waals surface area (Å²) in [7, 11) is 1.53. The van der Waals surface area contributed by atoms with E-state index < -0.39 is 11.8 Å². The lowest BCUT2D eigenvalue weighted by molar-refractivity contribution is -0.122. The van der Waals surface area contributed by atoms with Gasteiger partial charge in [0.1, 0.15) is 11.3 Å². The smallest absolute Gasteiger partial charge is 0.270 e. The average molecular weight is 431 g/mol. The SMILES string of the molecule is COc1ccccc1/C=C1\C(=O)NC(=S)N(c2ccc(Br)cc2C)C1=O. The molecule has 2 aromatic carbocycles. The van der Waals surface area contributed by atoms with Gasteiger partial charge in [-0.15, -0.1) is 0 Å². The fourth-order valence-electron chi connectivity index (χ4n) is 2.69. The van der Waals surface area contributed by atoms with Gasteiger partial charge in [0.05, 0.1) is 12.8 Å². The molecule has 0 unspecified atom stereocenters. The van der Waals surface area contributed by atoms with E-state index in [4.69, 9.17) is 17.0 Å². The maximum absolute atomic E-state index is 13.0. The van der Waals surface area contributed by atoms with Crippen LogP contribution in [0.15, 0.2) is 52.5 Å². The molecule has 0 radical (unpaired) electrons. The summed E-state index contributed by atoms with van der Waals surface area (Å²) >= 11 is 8.63. The fraction of sp³-hybridized carbons (Fsp3) is 0.105. The van der Waals surface area contributed by atoms with Crippen LogP contribution >= 0.6 is 28.1 Å². The Morgan fingerprint density at radius 3 is 2.62 bits per heavy atom. The maximum atomic E-state index is 13.0. The Balaban J connectivity index is 2.07. The van der Waals surface area contributed by atoms with Crippen molar-refractivity contribution in [2.45, 2.75) is 6.92 Å². The number of nitrogens with zero attached hydrogens (tertiary/aromatic N) is 1. The molecule has 0 aromatic heterocycles. The van der Waals surface area contributed by atoms with Gasteiger partial charge in [0.25, 0.3) is 11.8 Å². The van der Waals surface area contributed by atoms with Gasteiger partial charge in [-0.25, -0.2) is 0 Å². The van der Waals surface area contributed by atoms with Crippen molar-refractivity contribution in [2.24, 2.45) is 0 Å². The molecule has 7 heteroatoms. The van der Waals surface area contributed by atoms with E-state index in [1.165, 1.54) is 18.1 Å². The first kappa shape index (κ1) is 18.3. The summed E-state index contributed by atoms with van der Waals surface area (Å²) in [6.45, 7) is 1.87. The van der Waals surface area contributed by atoms with Crippen LogP contribution in [0.5, 0.6) is 5.75 Å². The number of aryl methyl sites for hydroxylation is 1. The normalized spacial score (nSPS) is 16.0. The van der Waals surface area contributed by atoms with Gasteiger partial charge in [0.2, 0.25) is 0 Å². The molecule has 1 aliphatic heterocycles. The number of hydrogen-bond donors (Lipinski definition) is 1. The summed E-state index contributed by atoms with van der Waals surface area (Å²) in [5.41, 5.74) is 2.09. The van der Waals surface area contributed by atoms with Gasteiger partial charge in [0, 0.05) is 10.0 Å². The number of halogens is 1. The van der Waals surface area contributed by atoms with Crippen LogP contribution in [0.3, 0.4) is 0 Å². The number of anilines is 1. The molecular formula is C19H15BrN2O3S. The topological polar surface area (TPSA) is 58.6 Å². The highest BCUT2D eigenvalue weighted by Gasteiger charge is 2.35. The first-order chi connectivity index (χ1) is 12.4. The summed E-state index contributed by atoms with van der Waals surface area (Å²) in [6.07, 6.45) is 1.51. The van der Waals surface area contributed by atoms with E-state index in [2.05, 4.69) is 21.2 Å². The highest BCUT2D eigenvalue weighted by molar-refractivity contribution is 9.10. The van der Waals surface area contributed by atoms with Gasteiger partial charge in [-0.1, -0.05) is 34.1 Å². The number of amides is 2. The number of nitrogens with one attached hydrogen (secondary N) is 1. The number of benzene rings is 2. The molecule has 26 heavy (non-hydrogen) atoms. The zero-order chi connectivity index (χ0) is 18.8. The number of carbonyl (C=O) groups is 2. The zero-order valence-corrected chi connectivity index (χ0v) is 16.5. The molecule has 5 nitrogen and oxygen atoms in total. The Morgan fingerprint density at radius 2 is 1.92 bits per heavy atom. The molecule has 1 fully saturated rings. The summed E-state index contributed by atoms with van der Waals surface area (Å²) in [5.74, 6) is -0.438. The number of carbonyl (C=O) groups excluding carboxylic acids is 2. The van der Waals surface area contributed by atoms with Crippen molar-refractivity contribution >= 4 is 56.8 Å². The number of thiocarbonyl (C=S) groups is 1. The predicted octanol–water partition coefficient (Wildman–Crippen LogP) is 3.60. The molecular weight excluding hydrogens is 416 g/mol. The van der Waals surface area contributed by atoms with Crippen LogP contribution < -0.4 is 15.0 Å². The summed E-state index contributed by atoms with van der Waals surface area (Å²) in [6, 6.07) is 12.6. The van der Waals surface area contributed by atoms with Crippen molar-refractivity contribution in [3.05, 3.63) is 63.6 Å². The van der Waals surface area contributed by atoms with Crippen LogP contribution in [0.4, 0.5) is 5.69 Å². The quantitative estimate of drug-likeness (QED) is 0.459. The van der Waals surface area contributed by atoms with Gasteiger partial charge in [0.15, 0.2) is 5.11 Å². The van der Waals surface area contributed by atoms with Crippen LogP contribution in [0.1, 0.15) is 11.1 Å². The number of rotatable bonds is 3. The second kappa shape index (κ2) is 7.39. The van der Waals surface area contributed by atoms with E-state index in [1.807, 2.05) is 25.1 Å². The number of para-hydroxylation sites is 1. The van der Waals surface area contributed by atoms with Crippen LogP contribution in [0.2, 0.25) is 0 Å². The standard InChI is InChI=1S/C19H15BrN2O3S/c1-11-9-13(20)7-8-15(11)22-18(24)14(17(23)21-19(22)26)10-12-5-3-4-6-16(12)25-2/h3-10H,1-2H3,(H,21,23,26)/b14-10+. The number of ether oxygens (including phenoxy) is 1. The van der Waals surface area contributed by atoms with E-state index in [-0.39, 0.29) is 10.7 Å². The highest BCUT2D eigenvalue weighted by Crippen LogP contribution is 2.28. The van der Waals surface area contributed by atoms with E-state index in [0.29, 0.717) is 17.0 Å². The Bertz CT molecular complexity index is 956. The molecule has 0 atom stereocenters. The predicted molar refractivity (Wildman–Crippen MR) is 108 cm³/mol. The molecule has 132 valence electrons. The minimum absolute atomic E-state index is 0.00887. The van der Waals surface area contributed by atoms with Gasteiger partial charge < -0.3 is 4.74 Å². The Kier molecular flexibility index (Phi) is 5.20. The van der Waals surface area contributed by atoms with Crippen LogP contribution in [0.25, 0.3) is 6.08 Å². The lowest BCUT2D eigenvalue weighted by atomic mass is 10.1. The molecule has 1 heterocycles. The third-order valence-electron chi connectivity index (χ3n) is 3.94. The molecule has 1 aliphatic rings. The molecule has 0 aliphatic carbocycles. The lowest BCUT2D eigenvalue weighted by Crippen LogP contribution is -2.54. The molecule has 1 N–H and O–H groups in total. The van der Waals surface area contributed by atoms with Gasteiger partial charge in [-0.05, 0) is 55.0 Å². The third kappa shape index (κ3) is 3.40. The number of methoxy groups -OCH3 is 1. The molecule has 1 saturated heterocycles. The van der Waals surface area contributed by atoms with Crippen LogP contribution in [-0.4, -0.2) is 24.0 Å². The van der Waals surface area contributed by atoms with E-state index in [1.54, 1.807) is 24.3 Å². The number of hydrogen-bond acceptors (Lipinski definition) is 4. The van der Waals surface area contributed by atoms with Gasteiger partial charge >= 0.3 is 0 Å². The van der Waals surface area contributed by atoms with Gasteiger partial charge in [-0.2, -0.15) is 0 Å². The Morgan fingerprint density at radius 1 is 1.19 bits per heavy atom. The van der Waals surface area contributed by atoms with Crippen molar-refractivity contribution in [1.82, 2.24) is 5.32 Å². The average Bonchev–Trinajstić information content (AvgIpc) is 2.60. The minimum Gasteiger partial charge on any atom is -0.496 e. The molecule has 0 spiro atoms. The zero-order valence-electron chi connectivity index (χ0n) is 14.1. The lowest BCUT2D eigenvalue weighted by Gasteiger charge is -2.30. The van der Waals surface area contributed by atoms with Crippen LogP contribution in [0, 0.1) is 6.92 Å². The van der Waals surface area contributed by atoms with E-state index in [0.717, 1.165) is 10.0 Å². The van der Waals surface area contributed by atoms with Crippen molar-refractivity contribution in [2.75, 3.05) is 12.0 Å². The molecule has 3 rings (SSSR count). The van der Waals surface area contributed by atoms with Crippen molar-refractivity contribution in [3.63, 3.8) is 0 Å². The van der Waals surface area contributed by atoms with E-state index in [9.17, 15) is 9.59 Å². The second-order valence-electron chi connectivity index (χ2n) is 5.63. The molecule has 2 amide bonds. The molecule has 2 aromatic rings. The van der Waals surface area contributed by atoms with Crippen molar-refractivity contribution < 1.29 is 14.3 Å². The largest absolute Gasteiger partial charge is 0.496 e. The maximum Gasteiger partial charge on any atom is 0.270 e. The molecule has 0 saturated carbocycles. The molecule has 0 bridgehead atoms. The Labute approximate surface area is 164 Å². The highest BCUT2D eigenvalue weighted by atomic mass is 79.9. The Hall–Kier alpha value is -2.51. The minimum atomic E-state index is -0.531. The second-order valence-corrected chi connectivity index (χ2v) is 6.93. The first-order valence-electron chi connectivity index (χ1n) is 7.73. The third-order valence-corrected chi connectivity index (χ3v) is 4.72. The monoisotopic (exact) mass is 430 g/mol. The van der Waals surface area contributed by atoms with Crippen molar-refractivity contribution in [1.29, 1.82) is 0 Å². The van der Waals surface area contributed by atoms with Crippen LogP contribution in [-0.2, 0) is 9.59 Å². The summed E-state index contributed by atoms with van der Waals surface area (Å²) in [4.78, 5) is 26.8. The fourth-order valence-corrected chi connectivity index (χ4v) is 3.44. The van der Waals surface area contributed by atoms with Gasteiger partial charge in [-0.3, -0.25) is 19.8 Å². The van der Waals surface area contributed by atoms with Crippen molar-refractivity contribution in [3.8, 4) is 5.75 Å². The first-order valence-corrected chi connectivity index (χ1v) is 8.93. The summed E-state index contributed by atoms with van der Waals surface area (Å²) in [5, 5.41) is 2.64. The van der Waals surface area contributed by atoms with E-state index >= 15 is 0 Å². The summed E-state index contributed by atoms with van der Waals surface area (Å²) < 4.78 is 6.18.